The lowest BCUT2D eigenvalue weighted by molar-refractivity contribution is -0.141. The Kier molecular flexibility index (Phi) is 6.37. The highest BCUT2D eigenvalue weighted by Gasteiger charge is 2.34. The first kappa shape index (κ1) is 21.8. The highest BCUT2D eigenvalue weighted by Crippen LogP contribution is 2.38. The van der Waals surface area contributed by atoms with Gasteiger partial charge in [0.15, 0.2) is 0 Å². The van der Waals surface area contributed by atoms with Gasteiger partial charge in [0, 0.05) is 29.9 Å². The van der Waals surface area contributed by atoms with Crippen molar-refractivity contribution >= 4 is 40.1 Å². The fourth-order valence-corrected chi connectivity index (χ4v) is 4.02. The minimum atomic E-state index is -1.03. The summed E-state index contributed by atoms with van der Waals surface area (Å²) in [5, 5.41) is 16.0. The van der Waals surface area contributed by atoms with Crippen molar-refractivity contribution in [1.82, 2.24) is 9.99 Å². The Hall–Kier alpha value is -3.45. The Bertz CT molecular complexity index is 1200. The molecule has 1 N–H and O–H groups in total. The summed E-state index contributed by atoms with van der Waals surface area (Å²) in [6, 6.07) is 16.6. The monoisotopic (exact) mass is 451 g/mol. The number of aliphatic carboxylic acids is 1. The highest BCUT2D eigenvalue weighted by molar-refractivity contribution is 6.30. The van der Waals surface area contributed by atoms with E-state index in [1.54, 1.807) is 0 Å². The van der Waals surface area contributed by atoms with E-state index >= 15 is 0 Å². The summed E-state index contributed by atoms with van der Waals surface area (Å²) in [6.45, 7) is 2.46. The van der Waals surface area contributed by atoms with Gasteiger partial charge < -0.3 is 9.84 Å². The van der Waals surface area contributed by atoms with Crippen LogP contribution in [0.15, 0.2) is 59.7 Å². The first-order chi connectivity index (χ1) is 15.5. The van der Waals surface area contributed by atoms with Gasteiger partial charge in [0.2, 0.25) is 5.91 Å². The SMILES string of the molecule is CCOc1ccc2cc([C@H]3CC(c4ccccc4)=NN3C(=O)CCC(=O)O)c(Cl)nc2c1. The summed E-state index contributed by atoms with van der Waals surface area (Å²) in [5.41, 5.74) is 3.00. The van der Waals surface area contributed by atoms with Gasteiger partial charge in [-0.1, -0.05) is 41.9 Å². The Morgan fingerprint density at radius 2 is 1.94 bits per heavy atom. The molecule has 0 saturated heterocycles. The molecule has 2 aromatic carbocycles. The second kappa shape index (κ2) is 9.36. The van der Waals surface area contributed by atoms with Crippen LogP contribution in [0.2, 0.25) is 5.15 Å². The van der Waals surface area contributed by atoms with Gasteiger partial charge >= 0.3 is 5.97 Å². The fourth-order valence-electron chi connectivity index (χ4n) is 3.75. The predicted octanol–water partition coefficient (Wildman–Crippen LogP) is 4.83. The molecule has 0 radical (unpaired) electrons. The topological polar surface area (TPSA) is 92.1 Å². The summed E-state index contributed by atoms with van der Waals surface area (Å²) in [6.07, 6.45) is 0.0443. The number of halogens is 1. The molecule has 1 aromatic heterocycles. The molecular weight excluding hydrogens is 430 g/mol. The van der Waals surface area contributed by atoms with Crippen molar-refractivity contribution in [2.45, 2.75) is 32.2 Å². The molecule has 0 spiro atoms. The Morgan fingerprint density at radius 1 is 1.16 bits per heavy atom. The zero-order valence-electron chi connectivity index (χ0n) is 17.5. The Balaban J connectivity index is 1.71. The maximum atomic E-state index is 12.9. The highest BCUT2D eigenvalue weighted by atomic mass is 35.5. The van der Waals surface area contributed by atoms with E-state index in [0.717, 1.165) is 16.7 Å². The van der Waals surface area contributed by atoms with Crippen molar-refractivity contribution in [3.8, 4) is 5.75 Å². The molecule has 0 unspecified atom stereocenters. The number of rotatable bonds is 7. The summed E-state index contributed by atoms with van der Waals surface area (Å²) in [5.74, 6) is -0.694. The second-order valence-corrected chi connectivity index (χ2v) is 7.78. The molecule has 164 valence electrons. The lowest BCUT2D eigenvalue weighted by Crippen LogP contribution is -2.27. The van der Waals surface area contributed by atoms with Crippen LogP contribution in [0.3, 0.4) is 0 Å². The Labute approximate surface area is 190 Å². The molecule has 0 bridgehead atoms. The minimum Gasteiger partial charge on any atom is -0.494 e. The molecule has 7 nitrogen and oxygen atoms in total. The van der Waals surface area contributed by atoms with Crippen LogP contribution in [0.4, 0.5) is 0 Å². The van der Waals surface area contributed by atoms with Crippen molar-refractivity contribution in [3.05, 3.63) is 70.9 Å². The molecule has 8 heteroatoms. The maximum absolute atomic E-state index is 12.9. The molecule has 32 heavy (non-hydrogen) atoms. The molecule has 4 rings (SSSR count). The molecular formula is C24H22ClN3O4. The van der Waals surface area contributed by atoms with Crippen molar-refractivity contribution in [2.24, 2.45) is 5.10 Å². The van der Waals surface area contributed by atoms with Gasteiger partial charge in [-0.3, -0.25) is 9.59 Å². The smallest absolute Gasteiger partial charge is 0.303 e. The molecule has 1 atom stereocenters. The molecule has 0 saturated carbocycles. The number of pyridine rings is 1. The molecule has 0 fully saturated rings. The number of carboxylic acids is 1. The second-order valence-electron chi connectivity index (χ2n) is 7.42. The summed E-state index contributed by atoms with van der Waals surface area (Å²) in [4.78, 5) is 28.4. The lowest BCUT2D eigenvalue weighted by atomic mass is 9.98. The number of aromatic nitrogens is 1. The molecule has 2 heterocycles. The van der Waals surface area contributed by atoms with Crippen LogP contribution in [-0.4, -0.2) is 39.3 Å². The summed E-state index contributed by atoms with van der Waals surface area (Å²) >= 11 is 6.57. The van der Waals surface area contributed by atoms with Crippen LogP contribution in [-0.2, 0) is 9.59 Å². The van der Waals surface area contributed by atoms with Crippen LogP contribution < -0.4 is 4.74 Å². The molecule has 1 amide bonds. The fraction of sp³-hybridized carbons (Fsp3) is 0.250. The molecule has 0 aliphatic carbocycles. The normalized spacial score (nSPS) is 15.6. The maximum Gasteiger partial charge on any atom is 0.303 e. The van der Waals surface area contributed by atoms with Gasteiger partial charge in [-0.15, -0.1) is 0 Å². The number of nitrogens with zero attached hydrogens (tertiary/aromatic N) is 3. The number of hydrogen-bond donors (Lipinski definition) is 1. The third-order valence-electron chi connectivity index (χ3n) is 5.27. The quantitative estimate of drug-likeness (QED) is 0.519. The first-order valence-electron chi connectivity index (χ1n) is 10.4. The number of carboxylic acid groups (broad SMARTS) is 1. The zero-order valence-corrected chi connectivity index (χ0v) is 18.2. The minimum absolute atomic E-state index is 0.145. The van der Waals surface area contributed by atoms with Crippen molar-refractivity contribution in [3.63, 3.8) is 0 Å². The number of carbonyl (C=O) groups is 2. The van der Waals surface area contributed by atoms with Crippen LogP contribution >= 0.6 is 11.6 Å². The third kappa shape index (κ3) is 4.57. The van der Waals surface area contributed by atoms with Crippen molar-refractivity contribution < 1.29 is 19.4 Å². The van der Waals surface area contributed by atoms with Gasteiger partial charge in [-0.2, -0.15) is 5.10 Å². The van der Waals surface area contributed by atoms with Crippen LogP contribution in [0.5, 0.6) is 5.75 Å². The molecule has 3 aromatic rings. The van der Waals surface area contributed by atoms with E-state index in [2.05, 4.69) is 10.1 Å². The van der Waals surface area contributed by atoms with E-state index in [0.29, 0.717) is 29.9 Å². The van der Waals surface area contributed by atoms with Gasteiger partial charge in [-0.25, -0.2) is 9.99 Å². The number of carbonyl (C=O) groups excluding carboxylic acids is 1. The van der Waals surface area contributed by atoms with Gasteiger partial charge in [0.25, 0.3) is 0 Å². The average molecular weight is 452 g/mol. The van der Waals surface area contributed by atoms with Crippen LogP contribution in [0.25, 0.3) is 10.9 Å². The summed E-state index contributed by atoms with van der Waals surface area (Å²) in [7, 11) is 0. The number of fused-ring (bicyclic) bond motifs is 1. The molecule has 1 aliphatic rings. The molecule has 1 aliphatic heterocycles. The Morgan fingerprint density at radius 3 is 2.66 bits per heavy atom. The number of ether oxygens (including phenoxy) is 1. The van der Waals surface area contributed by atoms with Gasteiger partial charge in [0.1, 0.15) is 10.9 Å². The lowest BCUT2D eigenvalue weighted by Gasteiger charge is -2.23. The van der Waals surface area contributed by atoms with E-state index in [-0.39, 0.29) is 23.9 Å². The number of hydrogen-bond acceptors (Lipinski definition) is 5. The van der Waals surface area contributed by atoms with Crippen LogP contribution in [0.1, 0.15) is 43.4 Å². The standard InChI is InChI=1S/C24H22ClN3O4/c1-2-32-17-9-8-16-12-18(24(25)26-19(16)13-17)21-14-20(15-6-4-3-5-7-15)27-28(21)22(29)10-11-23(30)31/h3-9,12-13,21H,2,10-11,14H2,1H3,(H,30,31)/t21-/m1/s1. The average Bonchev–Trinajstić information content (AvgIpc) is 3.23. The van der Waals surface area contributed by atoms with Crippen molar-refractivity contribution in [1.29, 1.82) is 0 Å². The van der Waals surface area contributed by atoms with Crippen molar-refractivity contribution in [2.75, 3.05) is 6.61 Å². The van der Waals surface area contributed by atoms with Gasteiger partial charge in [0.05, 0.1) is 30.3 Å². The largest absolute Gasteiger partial charge is 0.494 e. The van der Waals surface area contributed by atoms with E-state index in [4.69, 9.17) is 21.4 Å². The van der Waals surface area contributed by atoms with Crippen LogP contribution in [0, 0.1) is 0 Å². The van der Waals surface area contributed by atoms with E-state index in [1.165, 1.54) is 5.01 Å². The number of hydrazone groups is 1. The zero-order chi connectivity index (χ0) is 22.7. The number of amides is 1. The van der Waals surface area contributed by atoms with E-state index in [1.807, 2.05) is 61.5 Å². The van der Waals surface area contributed by atoms with E-state index in [9.17, 15) is 9.59 Å². The van der Waals surface area contributed by atoms with E-state index < -0.39 is 12.0 Å². The number of benzene rings is 2. The third-order valence-corrected chi connectivity index (χ3v) is 5.57. The first-order valence-corrected chi connectivity index (χ1v) is 10.7. The summed E-state index contributed by atoms with van der Waals surface area (Å²) < 4.78 is 5.54. The predicted molar refractivity (Wildman–Crippen MR) is 122 cm³/mol. The van der Waals surface area contributed by atoms with Gasteiger partial charge in [-0.05, 0) is 30.7 Å².